The van der Waals surface area contributed by atoms with Crippen molar-refractivity contribution < 1.29 is 0 Å². The average molecular weight is 401 g/mol. The Hall–Kier alpha value is -2.25. The Kier molecular flexibility index (Phi) is 4.97. The van der Waals surface area contributed by atoms with Gasteiger partial charge in [-0.3, -0.25) is 4.90 Å². The molecule has 1 saturated carbocycles. The van der Waals surface area contributed by atoms with E-state index in [1.54, 1.807) is 6.20 Å². The third kappa shape index (κ3) is 3.61. The summed E-state index contributed by atoms with van der Waals surface area (Å²) in [6.45, 7) is 0. The summed E-state index contributed by atoms with van der Waals surface area (Å²) in [7, 11) is 0. The minimum atomic E-state index is -0.465. The molecule has 140 valence electrons. The first-order valence-corrected chi connectivity index (χ1v) is 10.1. The van der Waals surface area contributed by atoms with E-state index in [1.165, 1.54) is 18.2 Å². The Morgan fingerprint density at radius 2 is 1.89 bits per heavy atom. The number of rotatable bonds is 3. The van der Waals surface area contributed by atoms with Crippen LogP contribution in [0.5, 0.6) is 0 Å². The highest BCUT2D eigenvalue weighted by atomic mass is 35.5. The summed E-state index contributed by atoms with van der Waals surface area (Å²) in [5.74, 6) is 0.615. The van der Waals surface area contributed by atoms with Gasteiger partial charge in [-0.2, -0.15) is 4.99 Å². The Labute approximate surface area is 167 Å². The second-order valence-corrected chi connectivity index (χ2v) is 8.17. The summed E-state index contributed by atoms with van der Waals surface area (Å²) in [6, 6.07) is 11.7. The molecule has 6 nitrogen and oxygen atoms in total. The standard InChI is InChI=1S/C19H21ClN6S/c20-14-12-13(7-8-15(14)27-16-6-2-5-11-23-16)26-18(22)24-17(21)25-19(26)9-3-1-4-10-19/h2,5-8,11-12H,1,3-4,9-10H2,(H4,21,22,24,25). The summed E-state index contributed by atoms with van der Waals surface area (Å²) >= 11 is 8.11. The Morgan fingerprint density at radius 3 is 2.59 bits per heavy atom. The van der Waals surface area contributed by atoms with Gasteiger partial charge in [-0.05, 0) is 56.0 Å². The molecule has 1 aromatic heterocycles. The molecule has 4 N–H and O–H groups in total. The Balaban J connectivity index is 1.67. The van der Waals surface area contributed by atoms with Crippen molar-refractivity contribution in [3.63, 3.8) is 0 Å². The van der Waals surface area contributed by atoms with Gasteiger partial charge in [-0.1, -0.05) is 35.9 Å². The van der Waals surface area contributed by atoms with Gasteiger partial charge in [0.05, 0.1) is 5.02 Å². The number of hydrogen-bond donors (Lipinski definition) is 2. The highest BCUT2D eigenvalue weighted by molar-refractivity contribution is 7.99. The SMILES string of the molecule is NC1=NC2(CCCCC2)N(c2ccc(Sc3ccccn3)c(Cl)c2)C(N)=N1. The Morgan fingerprint density at radius 1 is 1.07 bits per heavy atom. The van der Waals surface area contributed by atoms with Crippen LogP contribution in [0.25, 0.3) is 0 Å². The van der Waals surface area contributed by atoms with Crippen molar-refractivity contribution in [1.29, 1.82) is 0 Å². The molecule has 2 aliphatic rings. The monoisotopic (exact) mass is 400 g/mol. The van der Waals surface area contributed by atoms with E-state index in [9.17, 15) is 0 Å². The van der Waals surface area contributed by atoms with E-state index in [0.717, 1.165) is 41.3 Å². The molecular weight excluding hydrogens is 380 g/mol. The highest BCUT2D eigenvalue weighted by Crippen LogP contribution is 2.41. The largest absolute Gasteiger partial charge is 0.369 e. The number of hydrogen-bond acceptors (Lipinski definition) is 7. The van der Waals surface area contributed by atoms with Gasteiger partial charge in [0.2, 0.25) is 11.9 Å². The molecule has 8 heteroatoms. The van der Waals surface area contributed by atoms with Crippen molar-refractivity contribution in [2.45, 2.75) is 47.7 Å². The van der Waals surface area contributed by atoms with E-state index >= 15 is 0 Å². The van der Waals surface area contributed by atoms with Crippen molar-refractivity contribution >= 4 is 41.0 Å². The van der Waals surface area contributed by atoms with Crippen molar-refractivity contribution in [2.24, 2.45) is 21.5 Å². The van der Waals surface area contributed by atoms with Gasteiger partial charge >= 0.3 is 0 Å². The first-order valence-electron chi connectivity index (χ1n) is 8.96. The molecule has 0 saturated heterocycles. The van der Waals surface area contributed by atoms with Gasteiger partial charge in [0.25, 0.3) is 0 Å². The smallest absolute Gasteiger partial charge is 0.220 e. The second-order valence-electron chi connectivity index (χ2n) is 6.70. The molecule has 2 heterocycles. The van der Waals surface area contributed by atoms with Crippen LogP contribution in [0, 0.1) is 0 Å². The number of halogens is 1. The molecule has 1 fully saturated rings. The molecule has 0 unspecified atom stereocenters. The maximum absolute atomic E-state index is 6.59. The summed E-state index contributed by atoms with van der Waals surface area (Å²) < 4.78 is 0. The lowest BCUT2D eigenvalue weighted by molar-refractivity contribution is 0.305. The van der Waals surface area contributed by atoms with Crippen LogP contribution in [-0.2, 0) is 0 Å². The van der Waals surface area contributed by atoms with Crippen LogP contribution in [0.2, 0.25) is 5.02 Å². The quantitative estimate of drug-likeness (QED) is 0.812. The fourth-order valence-corrected chi connectivity index (χ4v) is 4.80. The van der Waals surface area contributed by atoms with Gasteiger partial charge in [0.15, 0.2) is 0 Å². The molecule has 27 heavy (non-hydrogen) atoms. The molecule has 0 amide bonds. The third-order valence-corrected chi connectivity index (χ3v) is 6.33. The van der Waals surface area contributed by atoms with Crippen LogP contribution in [0.4, 0.5) is 5.69 Å². The molecule has 1 aliphatic carbocycles. The van der Waals surface area contributed by atoms with Gasteiger partial charge in [0, 0.05) is 16.8 Å². The molecule has 4 rings (SSSR count). The Bertz CT molecular complexity index is 892. The van der Waals surface area contributed by atoms with Crippen LogP contribution in [0.3, 0.4) is 0 Å². The van der Waals surface area contributed by atoms with Gasteiger partial charge in [-0.15, -0.1) is 0 Å². The van der Waals surface area contributed by atoms with Crippen LogP contribution in [0.15, 0.2) is 62.5 Å². The zero-order valence-corrected chi connectivity index (χ0v) is 16.4. The van der Waals surface area contributed by atoms with Gasteiger partial charge in [0.1, 0.15) is 10.7 Å². The fraction of sp³-hybridized carbons (Fsp3) is 0.316. The normalized spacial score (nSPS) is 18.9. The van der Waals surface area contributed by atoms with Crippen LogP contribution < -0.4 is 16.4 Å². The van der Waals surface area contributed by atoms with Crippen LogP contribution in [0.1, 0.15) is 32.1 Å². The maximum atomic E-state index is 6.59. The van der Waals surface area contributed by atoms with Crippen molar-refractivity contribution in [3.05, 3.63) is 47.6 Å². The first kappa shape index (κ1) is 18.1. The predicted octanol–water partition coefficient (Wildman–Crippen LogP) is 4.00. The van der Waals surface area contributed by atoms with E-state index in [-0.39, 0.29) is 5.96 Å². The number of nitrogens with two attached hydrogens (primary N) is 2. The van der Waals surface area contributed by atoms with Crippen LogP contribution >= 0.6 is 23.4 Å². The van der Waals surface area contributed by atoms with Crippen LogP contribution in [-0.4, -0.2) is 22.6 Å². The molecule has 0 radical (unpaired) electrons. The minimum absolute atomic E-state index is 0.249. The number of nitrogens with zero attached hydrogens (tertiary/aromatic N) is 4. The zero-order valence-electron chi connectivity index (χ0n) is 14.8. The average Bonchev–Trinajstić information content (AvgIpc) is 2.65. The summed E-state index contributed by atoms with van der Waals surface area (Å²) in [6.07, 6.45) is 6.93. The van der Waals surface area contributed by atoms with E-state index in [2.05, 4.69) is 9.98 Å². The first-order chi connectivity index (χ1) is 13.1. The van der Waals surface area contributed by atoms with E-state index in [4.69, 9.17) is 28.1 Å². The number of aromatic nitrogens is 1. The molecule has 2 aromatic rings. The fourth-order valence-electron chi connectivity index (χ4n) is 3.73. The molecule has 1 spiro atoms. The zero-order chi connectivity index (χ0) is 18.9. The number of anilines is 1. The van der Waals surface area contributed by atoms with E-state index in [1.807, 2.05) is 41.3 Å². The molecule has 1 aromatic carbocycles. The van der Waals surface area contributed by atoms with Gasteiger partial charge < -0.3 is 11.5 Å². The molecule has 0 atom stereocenters. The predicted molar refractivity (Wildman–Crippen MR) is 111 cm³/mol. The van der Waals surface area contributed by atoms with Crippen molar-refractivity contribution in [3.8, 4) is 0 Å². The minimum Gasteiger partial charge on any atom is -0.369 e. The topological polar surface area (TPSA) is 92.9 Å². The third-order valence-electron chi connectivity index (χ3n) is 4.88. The van der Waals surface area contributed by atoms with Gasteiger partial charge in [-0.25, -0.2) is 9.98 Å². The maximum Gasteiger partial charge on any atom is 0.220 e. The summed E-state index contributed by atoms with van der Waals surface area (Å²) in [5.41, 5.74) is 12.6. The highest BCUT2D eigenvalue weighted by Gasteiger charge is 2.42. The molecular formula is C19H21ClN6S. The van der Waals surface area contributed by atoms with Crippen molar-refractivity contribution in [2.75, 3.05) is 4.90 Å². The number of benzene rings is 1. The lowest BCUT2D eigenvalue weighted by Gasteiger charge is -2.45. The number of pyridine rings is 1. The number of guanidine groups is 2. The summed E-state index contributed by atoms with van der Waals surface area (Å²) in [5, 5.41) is 1.54. The van der Waals surface area contributed by atoms with E-state index in [0.29, 0.717) is 11.0 Å². The second kappa shape index (κ2) is 7.40. The molecule has 1 aliphatic heterocycles. The number of aliphatic imine (C=N–C) groups is 2. The lowest BCUT2D eigenvalue weighted by atomic mass is 9.87. The van der Waals surface area contributed by atoms with E-state index < -0.39 is 5.66 Å². The molecule has 0 bridgehead atoms. The summed E-state index contributed by atoms with van der Waals surface area (Å²) in [4.78, 5) is 16.2. The lowest BCUT2D eigenvalue weighted by Crippen LogP contribution is -2.58. The van der Waals surface area contributed by atoms with Crippen molar-refractivity contribution in [1.82, 2.24) is 4.98 Å².